The third kappa shape index (κ3) is 2.19. The van der Waals surface area contributed by atoms with Gasteiger partial charge < -0.3 is 11.1 Å². The van der Waals surface area contributed by atoms with Crippen LogP contribution in [0, 0.1) is 0 Å². The van der Waals surface area contributed by atoms with E-state index in [0.717, 1.165) is 13.1 Å². The smallest absolute Gasteiger partial charge is 0.0704 e. The number of aryl methyl sites for hydroxylation is 1. The summed E-state index contributed by atoms with van der Waals surface area (Å²) in [5.41, 5.74) is 6.99. The van der Waals surface area contributed by atoms with E-state index in [2.05, 4.69) is 27.3 Å². The van der Waals surface area contributed by atoms with Gasteiger partial charge in [0, 0.05) is 24.0 Å². The van der Waals surface area contributed by atoms with Crippen molar-refractivity contribution in [2.24, 2.45) is 5.73 Å². The molecule has 0 spiro atoms. The number of thiophene rings is 1. The Bertz CT molecular complexity index is 311. The van der Waals surface area contributed by atoms with Crippen LogP contribution in [0.25, 0.3) is 0 Å². The van der Waals surface area contributed by atoms with Crippen molar-refractivity contribution < 1.29 is 0 Å². The van der Waals surface area contributed by atoms with Gasteiger partial charge in [-0.15, -0.1) is 11.3 Å². The Kier molecular flexibility index (Phi) is 3.60. The topological polar surface area (TPSA) is 38.0 Å². The molecule has 1 aliphatic carbocycles. The van der Waals surface area contributed by atoms with E-state index in [0.29, 0.717) is 6.04 Å². The van der Waals surface area contributed by atoms with Crippen molar-refractivity contribution in [3.05, 3.63) is 20.3 Å². The van der Waals surface area contributed by atoms with Gasteiger partial charge in [0.2, 0.25) is 0 Å². The van der Waals surface area contributed by atoms with Gasteiger partial charge in [0.15, 0.2) is 0 Å². The Morgan fingerprint density at radius 2 is 2.50 bits per heavy atom. The van der Waals surface area contributed by atoms with Crippen LogP contribution in [0.4, 0.5) is 0 Å². The van der Waals surface area contributed by atoms with E-state index in [-0.39, 0.29) is 0 Å². The molecule has 2 nitrogen and oxygen atoms in total. The van der Waals surface area contributed by atoms with Crippen molar-refractivity contribution in [3.8, 4) is 0 Å². The maximum absolute atomic E-state index is 5.50. The lowest BCUT2D eigenvalue weighted by Crippen LogP contribution is -2.29. The second kappa shape index (κ2) is 4.75. The number of halogens is 1. The van der Waals surface area contributed by atoms with Crippen molar-refractivity contribution in [1.29, 1.82) is 0 Å². The summed E-state index contributed by atoms with van der Waals surface area (Å²) >= 11 is 5.43. The SMILES string of the molecule is NCCNC1CCCc2sc(Br)cc21. The van der Waals surface area contributed by atoms with Crippen LogP contribution in [-0.4, -0.2) is 13.1 Å². The summed E-state index contributed by atoms with van der Waals surface area (Å²) in [6, 6.07) is 2.79. The summed E-state index contributed by atoms with van der Waals surface area (Å²) in [5, 5.41) is 3.50. The quantitative estimate of drug-likeness (QED) is 0.889. The molecule has 1 aromatic rings. The maximum atomic E-state index is 5.50. The average molecular weight is 275 g/mol. The van der Waals surface area contributed by atoms with Gasteiger partial charge in [-0.1, -0.05) is 0 Å². The largest absolute Gasteiger partial charge is 0.329 e. The second-order valence-corrected chi connectivity index (χ2v) is 6.13. The molecule has 0 amide bonds. The van der Waals surface area contributed by atoms with Crippen LogP contribution in [-0.2, 0) is 6.42 Å². The van der Waals surface area contributed by atoms with Gasteiger partial charge in [0.25, 0.3) is 0 Å². The molecule has 0 aromatic carbocycles. The highest BCUT2D eigenvalue weighted by Crippen LogP contribution is 2.37. The van der Waals surface area contributed by atoms with Crippen LogP contribution in [0.2, 0.25) is 0 Å². The highest BCUT2D eigenvalue weighted by molar-refractivity contribution is 9.11. The molecule has 2 rings (SSSR count). The van der Waals surface area contributed by atoms with Gasteiger partial charge in [-0.3, -0.25) is 0 Å². The summed E-state index contributed by atoms with van der Waals surface area (Å²) in [6.45, 7) is 1.63. The molecule has 1 aromatic heterocycles. The van der Waals surface area contributed by atoms with Crippen LogP contribution < -0.4 is 11.1 Å². The van der Waals surface area contributed by atoms with E-state index >= 15 is 0 Å². The zero-order valence-corrected chi connectivity index (χ0v) is 10.5. The second-order valence-electron chi connectivity index (χ2n) is 3.62. The lowest BCUT2D eigenvalue weighted by molar-refractivity contribution is 0.470. The highest BCUT2D eigenvalue weighted by atomic mass is 79.9. The predicted molar refractivity (Wildman–Crippen MR) is 64.8 cm³/mol. The van der Waals surface area contributed by atoms with Gasteiger partial charge in [-0.25, -0.2) is 0 Å². The monoisotopic (exact) mass is 274 g/mol. The Morgan fingerprint density at radius 1 is 1.64 bits per heavy atom. The van der Waals surface area contributed by atoms with Gasteiger partial charge in [-0.2, -0.15) is 0 Å². The summed E-state index contributed by atoms with van der Waals surface area (Å²) in [4.78, 5) is 1.54. The first-order valence-electron chi connectivity index (χ1n) is 5.03. The number of hydrogen-bond acceptors (Lipinski definition) is 3. The van der Waals surface area contributed by atoms with Crippen molar-refractivity contribution in [2.75, 3.05) is 13.1 Å². The molecule has 14 heavy (non-hydrogen) atoms. The minimum absolute atomic E-state index is 0.532. The molecule has 0 bridgehead atoms. The predicted octanol–water partition coefficient (Wildman–Crippen LogP) is 2.44. The van der Waals surface area contributed by atoms with Gasteiger partial charge in [-0.05, 0) is 46.8 Å². The normalized spacial score (nSPS) is 20.9. The van der Waals surface area contributed by atoms with Crippen molar-refractivity contribution in [1.82, 2.24) is 5.32 Å². The highest BCUT2D eigenvalue weighted by Gasteiger charge is 2.21. The molecule has 0 aliphatic heterocycles. The van der Waals surface area contributed by atoms with Crippen molar-refractivity contribution >= 4 is 27.3 Å². The number of nitrogens with two attached hydrogens (primary N) is 1. The summed E-state index contributed by atoms with van der Waals surface area (Å²) in [6.07, 6.45) is 3.78. The third-order valence-corrected chi connectivity index (χ3v) is 4.33. The van der Waals surface area contributed by atoms with E-state index in [9.17, 15) is 0 Å². The minimum Gasteiger partial charge on any atom is -0.329 e. The molecular weight excluding hydrogens is 260 g/mol. The standard InChI is InChI=1S/C10H15BrN2S/c11-10-6-7-8(13-5-4-12)2-1-3-9(7)14-10/h6,8,13H,1-5,12H2. The molecule has 1 aliphatic rings. The van der Waals surface area contributed by atoms with E-state index in [1.54, 1.807) is 0 Å². The minimum atomic E-state index is 0.532. The number of nitrogens with one attached hydrogen (secondary N) is 1. The molecule has 1 heterocycles. The molecule has 0 saturated heterocycles. The Balaban J connectivity index is 2.13. The molecule has 0 radical (unpaired) electrons. The number of rotatable bonds is 3. The Labute approximate surface area is 97.0 Å². The van der Waals surface area contributed by atoms with Crippen LogP contribution >= 0.6 is 27.3 Å². The Morgan fingerprint density at radius 3 is 3.29 bits per heavy atom. The van der Waals surface area contributed by atoms with Crippen LogP contribution in [0.15, 0.2) is 9.85 Å². The molecule has 1 atom stereocenters. The van der Waals surface area contributed by atoms with Crippen molar-refractivity contribution in [3.63, 3.8) is 0 Å². The summed E-state index contributed by atoms with van der Waals surface area (Å²) in [5.74, 6) is 0. The fraction of sp³-hybridized carbons (Fsp3) is 0.600. The molecular formula is C10H15BrN2S. The zero-order chi connectivity index (χ0) is 9.97. The maximum Gasteiger partial charge on any atom is 0.0704 e. The number of fused-ring (bicyclic) bond motifs is 1. The summed E-state index contributed by atoms with van der Waals surface area (Å²) in [7, 11) is 0. The van der Waals surface area contributed by atoms with Gasteiger partial charge in [0.1, 0.15) is 0 Å². The number of hydrogen-bond donors (Lipinski definition) is 2. The van der Waals surface area contributed by atoms with E-state index in [1.807, 2.05) is 11.3 Å². The fourth-order valence-corrected chi connectivity index (χ4v) is 3.81. The van der Waals surface area contributed by atoms with Gasteiger partial charge in [0.05, 0.1) is 3.79 Å². The van der Waals surface area contributed by atoms with E-state index in [1.165, 1.54) is 33.5 Å². The molecule has 4 heteroatoms. The van der Waals surface area contributed by atoms with Crippen LogP contribution in [0.1, 0.15) is 29.3 Å². The average Bonchev–Trinajstić information content (AvgIpc) is 2.55. The first kappa shape index (κ1) is 10.6. The fourth-order valence-electron chi connectivity index (χ4n) is 1.99. The molecule has 0 fully saturated rings. The molecule has 78 valence electrons. The molecule has 1 unspecified atom stereocenters. The first-order valence-corrected chi connectivity index (χ1v) is 6.64. The van der Waals surface area contributed by atoms with Crippen LogP contribution in [0.3, 0.4) is 0 Å². The lowest BCUT2D eigenvalue weighted by Gasteiger charge is -2.23. The van der Waals surface area contributed by atoms with Crippen molar-refractivity contribution in [2.45, 2.75) is 25.3 Å². The van der Waals surface area contributed by atoms with Gasteiger partial charge >= 0.3 is 0 Å². The summed E-state index contributed by atoms with van der Waals surface area (Å²) < 4.78 is 1.25. The lowest BCUT2D eigenvalue weighted by atomic mass is 9.94. The zero-order valence-electron chi connectivity index (χ0n) is 8.05. The Hall–Kier alpha value is 0.100. The molecule has 0 saturated carbocycles. The third-order valence-electron chi connectivity index (χ3n) is 2.62. The molecule has 3 N–H and O–H groups in total. The van der Waals surface area contributed by atoms with E-state index < -0.39 is 0 Å². The van der Waals surface area contributed by atoms with E-state index in [4.69, 9.17) is 5.73 Å². The van der Waals surface area contributed by atoms with Crippen LogP contribution in [0.5, 0.6) is 0 Å². The first-order chi connectivity index (χ1) is 6.81.